The molecule has 1 aliphatic heterocycles. The van der Waals surface area contributed by atoms with Crippen molar-refractivity contribution in [2.24, 2.45) is 0 Å². The molecule has 0 aromatic heterocycles. The molecule has 1 heterocycles. The molecule has 0 unspecified atom stereocenters. The third-order valence-electron chi connectivity index (χ3n) is 2.13. The highest BCUT2D eigenvalue weighted by molar-refractivity contribution is 4.87. The van der Waals surface area contributed by atoms with E-state index in [0.29, 0.717) is 6.61 Å². The average molecular weight is 192 g/mol. The lowest BCUT2D eigenvalue weighted by atomic mass is 10.1. The molecule has 5 nitrogen and oxygen atoms in total. The summed E-state index contributed by atoms with van der Waals surface area (Å²) in [6.07, 6.45) is -2.03. The molecule has 1 rings (SSSR count). The minimum Gasteiger partial charge on any atom is -0.385 e. The van der Waals surface area contributed by atoms with Gasteiger partial charge in [0.05, 0.1) is 6.61 Å². The van der Waals surface area contributed by atoms with Gasteiger partial charge in [0.25, 0.3) is 0 Å². The number of methoxy groups -OCH3 is 3. The van der Waals surface area contributed by atoms with Crippen LogP contribution in [0.3, 0.4) is 0 Å². The van der Waals surface area contributed by atoms with Gasteiger partial charge in [-0.15, -0.1) is 0 Å². The van der Waals surface area contributed by atoms with Crippen LogP contribution in [0.2, 0.25) is 0 Å². The minimum absolute atomic E-state index is 0.269. The smallest absolute Gasteiger partial charge is 0.186 e. The molecule has 5 heteroatoms. The standard InChI is InChI=1S/C8H16O5/c1-10-4-5-7(11-2)6(9)8(12-3)13-5/h5-9H,4H2,1-3H3/t5-,6-,7+,8+/m1/s1. The Labute approximate surface area is 77.5 Å². The normalized spacial score (nSPS) is 39.7. The van der Waals surface area contributed by atoms with Crippen LogP contribution in [-0.4, -0.2) is 57.6 Å². The molecule has 0 radical (unpaired) electrons. The van der Waals surface area contributed by atoms with Crippen molar-refractivity contribution >= 4 is 0 Å². The molecule has 0 amide bonds. The van der Waals surface area contributed by atoms with Crippen LogP contribution in [0.1, 0.15) is 0 Å². The highest BCUT2D eigenvalue weighted by atomic mass is 16.7. The molecule has 1 aliphatic rings. The van der Waals surface area contributed by atoms with Gasteiger partial charge in [0, 0.05) is 21.3 Å². The molecule has 1 N–H and O–H groups in total. The van der Waals surface area contributed by atoms with Gasteiger partial charge in [0.1, 0.15) is 18.3 Å². The van der Waals surface area contributed by atoms with Crippen molar-refractivity contribution in [3.05, 3.63) is 0 Å². The molecule has 0 bridgehead atoms. The van der Waals surface area contributed by atoms with Gasteiger partial charge in [0.15, 0.2) is 6.29 Å². The van der Waals surface area contributed by atoms with E-state index in [4.69, 9.17) is 18.9 Å². The molecule has 13 heavy (non-hydrogen) atoms. The van der Waals surface area contributed by atoms with E-state index in [2.05, 4.69) is 0 Å². The maximum absolute atomic E-state index is 9.62. The number of aliphatic hydroxyl groups is 1. The predicted molar refractivity (Wildman–Crippen MR) is 44.3 cm³/mol. The Morgan fingerprint density at radius 1 is 1.23 bits per heavy atom. The molecule has 0 aliphatic carbocycles. The van der Waals surface area contributed by atoms with Crippen molar-refractivity contribution < 1.29 is 24.1 Å². The van der Waals surface area contributed by atoms with E-state index in [1.165, 1.54) is 14.2 Å². The second-order valence-corrected chi connectivity index (χ2v) is 2.92. The zero-order chi connectivity index (χ0) is 9.84. The number of hydrogen-bond donors (Lipinski definition) is 1. The number of aliphatic hydroxyl groups excluding tert-OH is 1. The van der Waals surface area contributed by atoms with Crippen LogP contribution in [0.4, 0.5) is 0 Å². The first-order valence-corrected chi connectivity index (χ1v) is 4.12. The van der Waals surface area contributed by atoms with Gasteiger partial charge in [0.2, 0.25) is 0 Å². The van der Waals surface area contributed by atoms with E-state index < -0.39 is 12.4 Å². The monoisotopic (exact) mass is 192 g/mol. The SMILES string of the molecule is COC[C@H]1O[C@H](OC)[C@H](O)[C@H]1OC. The zero-order valence-electron chi connectivity index (χ0n) is 8.10. The molecular weight excluding hydrogens is 176 g/mol. The van der Waals surface area contributed by atoms with Gasteiger partial charge in [-0.2, -0.15) is 0 Å². The van der Waals surface area contributed by atoms with Gasteiger partial charge < -0.3 is 24.1 Å². The Morgan fingerprint density at radius 3 is 2.38 bits per heavy atom. The van der Waals surface area contributed by atoms with E-state index in [0.717, 1.165) is 0 Å². The molecule has 1 fully saturated rings. The molecule has 0 spiro atoms. The van der Waals surface area contributed by atoms with Crippen LogP contribution in [0.15, 0.2) is 0 Å². The molecule has 1 saturated heterocycles. The maximum atomic E-state index is 9.62. The number of ether oxygens (including phenoxy) is 4. The number of hydrogen-bond acceptors (Lipinski definition) is 5. The van der Waals surface area contributed by atoms with Gasteiger partial charge in [-0.05, 0) is 0 Å². The lowest BCUT2D eigenvalue weighted by molar-refractivity contribution is -0.154. The highest BCUT2D eigenvalue weighted by Crippen LogP contribution is 2.23. The quantitative estimate of drug-likeness (QED) is 0.643. The molecule has 0 aromatic carbocycles. The first kappa shape index (κ1) is 10.9. The fourth-order valence-corrected chi connectivity index (χ4v) is 1.49. The van der Waals surface area contributed by atoms with E-state index in [1.807, 2.05) is 0 Å². The van der Waals surface area contributed by atoms with Crippen molar-refractivity contribution in [1.29, 1.82) is 0 Å². The van der Waals surface area contributed by atoms with Gasteiger partial charge >= 0.3 is 0 Å². The van der Waals surface area contributed by atoms with Crippen LogP contribution in [0, 0.1) is 0 Å². The fourth-order valence-electron chi connectivity index (χ4n) is 1.49. The summed E-state index contributed by atoms with van der Waals surface area (Å²) < 4.78 is 20.3. The highest BCUT2D eigenvalue weighted by Gasteiger charge is 2.44. The van der Waals surface area contributed by atoms with Crippen molar-refractivity contribution in [3.63, 3.8) is 0 Å². The minimum atomic E-state index is -0.754. The van der Waals surface area contributed by atoms with Crippen LogP contribution in [0.25, 0.3) is 0 Å². The molecule has 78 valence electrons. The van der Waals surface area contributed by atoms with Crippen LogP contribution >= 0.6 is 0 Å². The fraction of sp³-hybridized carbons (Fsp3) is 1.00. The molecule has 0 saturated carbocycles. The number of rotatable bonds is 4. The van der Waals surface area contributed by atoms with Crippen molar-refractivity contribution in [2.75, 3.05) is 27.9 Å². The van der Waals surface area contributed by atoms with Crippen LogP contribution in [0.5, 0.6) is 0 Å². The largest absolute Gasteiger partial charge is 0.385 e. The average Bonchev–Trinajstić information content (AvgIpc) is 2.43. The first-order valence-electron chi connectivity index (χ1n) is 4.12. The van der Waals surface area contributed by atoms with Gasteiger partial charge in [-0.3, -0.25) is 0 Å². The molecular formula is C8H16O5. The van der Waals surface area contributed by atoms with Gasteiger partial charge in [-0.25, -0.2) is 0 Å². The van der Waals surface area contributed by atoms with E-state index in [1.54, 1.807) is 7.11 Å². The second-order valence-electron chi connectivity index (χ2n) is 2.92. The zero-order valence-corrected chi connectivity index (χ0v) is 8.10. The molecule has 4 atom stereocenters. The summed E-state index contributed by atoms with van der Waals surface area (Å²) in [6.45, 7) is 0.384. The summed E-state index contributed by atoms with van der Waals surface area (Å²) in [5, 5.41) is 9.62. The third kappa shape index (κ3) is 2.18. The third-order valence-corrected chi connectivity index (χ3v) is 2.13. The topological polar surface area (TPSA) is 57.2 Å². The lowest BCUT2D eigenvalue weighted by Crippen LogP contribution is -2.36. The summed E-state index contributed by atoms with van der Waals surface area (Å²) in [4.78, 5) is 0. The van der Waals surface area contributed by atoms with Gasteiger partial charge in [-0.1, -0.05) is 0 Å². The van der Waals surface area contributed by atoms with E-state index in [9.17, 15) is 5.11 Å². The summed E-state index contributed by atoms with van der Waals surface area (Å²) >= 11 is 0. The lowest BCUT2D eigenvalue weighted by Gasteiger charge is -2.17. The Balaban J connectivity index is 2.55. The Morgan fingerprint density at radius 2 is 1.92 bits per heavy atom. The maximum Gasteiger partial charge on any atom is 0.186 e. The van der Waals surface area contributed by atoms with E-state index >= 15 is 0 Å². The van der Waals surface area contributed by atoms with Crippen molar-refractivity contribution in [2.45, 2.75) is 24.6 Å². The first-order chi connectivity index (χ1) is 6.24. The second kappa shape index (κ2) is 4.88. The Kier molecular flexibility index (Phi) is 4.08. The summed E-state index contributed by atoms with van der Waals surface area (Å²) in [7, 11) is 4.58. The van der Waals surface area contributed by atoms with Crippen LogP contribution < -0.4 is 0 Å². The summed E-state index contributed by atoms with van der Waals surface area (Å²) in [6, 6.07) is 0. The molecule has 0 aromatic rings. The van der Waals surface area contributed by atoms with Crippen molar-refractivity contribution in [1.82, 2.24) is 0 Å². The van der Waals surface area contributed by atoms with Crippen LogP contribution in [-0.2, 0) is 18.9 Å². The Bertz CT molecular complexity index is 151. The summed E-state index contributed by atoms with van der Waals surface area (Å²) in [5.41, 5.74) is 0. The van der Waals surface area contributed by atoms with E-state index in [-0.39, 0.29) is 12.2 Å². The van der Waals surface area contributed by atoms with Crippen molar-refractivity contribution in [3.8, 4) is 0 Å². The summed E-state index contributed by atoms with van der Waals surface area (Å²) in [5.74, 6) is 0. The Hall–Kier alpha value is -0.200. The predicted octanol–water partition coefficient (Wildman–Crippen LogP) is -0.620.